The molecule has 0 N–H and O–H groups in total. The van der Waals surface area contributed by atoms with Gasteiger partial charge in [-0.25, -0.2) is 0 Å². The van der Waals surface area contributed by atoms with Gasteiger partial charge in [-0.15, -0.1) is 0 Å². The first kappa shape index (κ1) is 16.9. The number of rotatable bonds is 4. The summed E-state index contributed by atoms with van der Waals surface area (Å²) in [4.78, 5) is 24.7. The average molecular weight is 353 g/mol. The summed E-state index contributed by atoms with van der Waals surface area (Å²) in [5.41, 5.74) is 1.89. The van der Waals surface area contributed by atoms with Gasteiger partial charge in [0.15, 0.2) is 0 Å². The van der Waals surface area contributed by atoms with Gasteiger partial charge in [-0.05, 0) is 32.0 Å². The van der Waals surface area contributed by atoms with E-state index in [2.05, 4.69) is 5.10 Å². The van der Waals surface area contributed by atoms with Crippen LogP contribution in [0, 0.1) is 24.0 Å². The van der Waals surface area contributed by atoms with E-state index in [9.17, 15) is 14.9 Å². The molecule has 0 radical (unpaired) electrons. The summed E-state index contributed by atoms with van der Waals surface area (Å²) in [5, 5.41) is 15.5. The number of hydrogen-bond donors (Lipinski definition) is 0. The van der Waals surface area contributed by atoms with Crippen molar-refractivity contribution < 1.29 is 9.72 Å². The quantitative estimate of drug-likeness (QED) is 0.517. The van der Waals surface area contributed by atoms with Gasteiger partial charge in [0.25, 0.3) is 11.6 Å². The Hall–Kier alpha value is -2.93. The zero-order chi connectivity index (χ0) is 18.0. The molecule has 0 bridgehead atoms. The highest BCUT2D eigenvalue weighted by atomic mass is 32.2. The van der Waals surface area contributed by atoms with E-state index >= 15 is 0 Å². The molecule has 0 saturated heterocycles. The standard InChI is InChI=1S/C18H15N3O3S/c1-12-17(25-16-11-7-6-10-15(16)21(23)24)13(2)20(19-12)18(22)14-8-4-3-5-9-14/h3-11H,1-2H3. The molecule has 1 aromatic heterocycles. The monoisotopic (exact) mass is 353 g/mol. The highest BCUT2D eigenvalue weighted by Crippen LogP contribution is 2.37. The van der Waals surface area contributed by atoms with Crippen LogP contribution in [-0.4, -0.2) is 20.6 Å². The van der Waals surface area contributed by atoms with Crippen molar-refractivity contribution in [2.24, 2.45) is 0 Å². The minimum absolute atomic E-state index is 0.0356. The fourth-order valence-electron chi connectivity index (χ4n) is 2.48. The maximum Gasteiger partial charge on any atom is 0.283 e. The predicted octanol–water partition coefficient (Wildman–Crippen LogP) is 4.25. The molecule has 0 aliphatic carbocycles. The SMILES string of the molecule is Cc1nn(C(=O)c2ccccc2)c(C)c1Sc1ccccc1[N+](=O)[O-]. The molecule has 6 nitrogen and oxygen atoms in total. The minimum atomic E-state index is -0.410. The summed E-state index contributed by atoms with van der Waals surface area (Å²) in [7, 11) is 0. The molecule has 2 aromatic carbocycles. The van der Waals surface area contributed by atoms with Crippen LogP contribution in [0.25, 0.3) is 0 Å². The number of hydrogen-bond acceptors (Lipinski definition) is 5. The van der Waals surface area contributed by atoms with E-state index in [-0.39, 0.29) is 11.6 Å². The summed E-state index contributed by atoms with van der Waals surface area (Å²) in [6.07, 6.45) is 0. The van der Waals surface area contributed by atoms with E-state index in [4.69, 9.17) is 0 Å². The van der Waals surface area contributed by atoms with Crippen LogP contribution >= 0.6 is 11.8 Å². The first-order chi connectivity index (χ1) is 12.0. The molecule has 0 saturated carbocycles. The number of carbonyl (C=O) groups is 1. The summed E-state index contributed by atoms with van der Waals surface area (Å²) < 4.78 is 1.35. The van der Waals surface area contributed by atoms with Crippen molar-refractivity contribution in [2.45, 2.75) is 23.6 Å². The number of nitro groups is 1. The molecule has 25 heavy (non-hydrogen) atoms. The smallest absolute Gasteiger partial charge is 0.267 e. The second kappa shape index (κ2) is 6.90. The second-order valence-corrected chi connectivity index (χ2v) is 6.46. The Labute approximate surface area is 148 Å². The van der Waals surface area contributed by atoms with Gasteiger partial charge in [-0.1, -0.05) is 42.1 Å². The molecule has 7 heteroatoms. The predicted molar refractivity (Wildman–Crippen MR) is 95.1 cm³/mol. The lowest BCUT2D eigenvalue weighted by Gasteiger charge is -2.05. The van der Waals surface area contributed by atoms with Crippen molar-refractivity contribution in [3.05, 3.63) is 81.7 Å². The molecule has 3 rings (SSSR count). The van der Waals surface area contributed by atoms with Crippen molar-refractivity contribution in [2.75, 3.05) is 0 Å². The Morgan fingerprint density at radius 3 is 2.40 bits per heavy atom. The maximum atomic E-state index is 12.6. The minimum Gasteiger partial charge on any atom is -0.267 e. The van der Waals surface area contributed by atoms with Crippen LogP contribution in [0.15, 0.2) is 64.4 Å². The van der Waals surface area contributed by atoms with Crippen LogP contribution in [0.5, 0.6) is 0 Å². The number of nitrogens with zero attached hydrogens (tertiary/aromatic N) is 3. The molecule has 3 aromatic rings. The summed E-state index contributed by atoms with van der Waals surface area (Å²) in [6, 6.07) is 15.4. The zero-order valence-electron chi connectivity index (χ0n) is 13.7. The fourth-order valence-corrected chi connectivity index (χ4v) is 3.52. The molecule has 0 spiro atoms. The Bertz CT molecular complexity index is 951. The number of para-hydroxylation sites is 1. The molecule has 1 heterocycles. The van der Waals surface area contributed by atoms with Gasteiger partial charge in [0.2, 0.25) is 0 Å². The topological polar surface area (TPSA) is 78.0 Å². The van der Waals surface area contributed by atoms with E-state index < -0.39 is 4.92 Å². The third-order valence-corrected chi connectivity index (χ3v) is 5.07. The van der Waals surface area contributed by atoms with Crippen LogP contribution in [0.4, 0.5) is 5.69 Å². The van der Waals surface area contributed by atoms with Crippen LogP contribution < -0.4 is 0 Å². The first-order valence-electron chi connectivity index (χ1n) is 7.56. The van der Waals surface area contributed by atoms with E-state index in [1.165, 1.54) is 22.5 Å². The van der Waals surface area contributed by atoms with E-state index in [0.29, 0.717) is 21.8 Å². The lowest BCUT2D eigenvalue weighted by molar-refractivity contribution is -0.387. The number of carbonyl (C=O) groups excluding carboxylic acids is 1. The lowest BCUT2D eigenvalue weighted by Crippen LogP contribution is -2.15. The van der Waals surface area contributed by atoms with E-state index in [0.717, 1.165) is 4.90 Å². The summed E-state index contributed by atoms with van der Waals surface area (Å²) in [5.74, 6) is -0.226. The highest BCUT2D eigenvalue weighted by Gasteiger charge is 2.21. The molecule has 0 fully saturated rings. The molecule has 0 unspecified atom stereocenters. The fraction of sp³-hybridized carbons (Fsp3) is 0.111. The van der Waals surface area contributed by atoms with Crippen molar-refractivity contribution in [1.29, 1.82) is 0 Å². The van der Waals surface area contributed by atoms with Crippen LogP contribution in [-0.2, 0) is 0 Å². The van der Waals surface area contributed by atoms with Gasteiger partial charge in [0.1, 0.15) is 0 Å². The summed E-state index contributed by atoms with van der Waals surface area (Å²) >= 11 is 1.25. The van der Waals surface area contributed by atoms with E-state index in [1.54, 1.807) is 56.3 Å². The van der Waals surface area contributed by atoms with Gasteiger partial charge in [-0.3, -0.25) is 14.9 Å². The number of aromatic nitrogens is 2. The Morgan fingerprint density at radius 1 is 1.08 bits per heavy atom. The van der Waals surface area contributed by atoms with Gasteiger partial charge >= 0.3 is 0 Å². The molecule has 0 aliphatic heterocycles. The third kappa shape index (κ3) is 3.32. The molecule has 0 atom stereocenters. The largest absolute Gasteiger partial charge is 0.283 e. The highest BCUT2D eigenvalue weighted by molar-refractivity contribution is 7.99. The second-order valence-electron chi connectivity index (χ2n) is 5.41. The Balaban J connectivity index is 1.99. The van der Waals surface area contributed by atoms with Crippen molar-refractivity contribution in [1.82, 2.24) is 9.78 Å². The third-order valence-electron chi connectivity index (χ3n) is 3.71. The number of aryl methyl sites for hydroxylation is 1. The Kier molecular flexibility index (Phi) is 4.67. The molecule has 126 valence electrons. The van der Waals surface area contributed by atoms with Gasteiger partial charge in [0.05, 0.1) is 26.1 Å². The van der Waals surface area contributed by atoms with Gasteiger partial charge < -0.3 is 0 Å². The van der Waals surface area contributed by atoms with Crippen molar-refractivity contribution in [3.63, 3.8) is 0 Å². The average Bonchev–Trinajstić information content (AvgIpc) is 2.90. The maximum absolute atomic E-state index is 12.6. The molecule has 0 amide bonds. The molecular weight excluding hydrogens is 338 g/mol. The number of nitro benzene ring substituents is 1. The van der Waals surface area contributed by atoms with Crippen LogP contribution in [0.1, 0.15) is 21.7 Å². The number of benzene rings is 2. The van der Waals surface area contributed by atoms with Crippen LogP contribution in [0.2, 0.25) is 0 Å². The van der Waals surface area contributed by atoms with Crippen LogP contribution in [0.3, 0.4) is 0 Å². The molecule has 0 aliphatic rings. The van der Waals surface area contributed by atoms with Gasteiger partial charge in [-0.2, -0.15) is 9.78 Å². The van der Waals surface area contributed by atoms with Crippen molar-refractivity contribution >= 4 is 23.4 Å². The Morgan fingerprint density at radius 2 is 1.72 bits per heavy atom. The van der Waals surface area contributed by atoms with E-state index in [1.807, 2.05) is 6.07 Å². The lowest BCUT2D eigenvalue weighted by atomic mass is 10.2. The molecular formula is C18H15N3O3S. The van der Waals surface area contributed by atoms with Gasteiger partial charge in [0, 0.05) is 11.6 Å². The first-order valence-corrected chi connectivity index (χ1v) is 8.38. The summed E-state index contributed by atoms with van der Waals surface area (Å²) in [6.45, 7) is 3.58. The zero-order valence-corrected chi connectivity index (χ0v) is 14.5. The normalized spacial score (nSPS) is 10.6. The van der Waals surface area contributed by atoms with Crippen molar-refractivity contribution in [3.8, 4) is 0 Å².